The first-order valence-corrected chi connectivity index (χ1v) is 4.49. The first-order chi connectivity index (χ1) is 6.33. The third-order valence-corrected chi connectivity index (χ3v) is 2.00. The summed E-state index contributed by atoms with van der Waals surface area (Å²) in [6, 6.07) is 6.18. The number of nitrogens with one attached hydrogen (secondary N) is 1. The number of aromatic amines is 1. The fraction of sp³-hybridized carbons (Fsp3) is 0.364. The van der Waals surface area contributed by atoms with Crippen LogP contribution in [0.15, 0.2) is 30.5 Å². The van der Waals surface area contributed by atoms with E-state index in [0.29, 0.717) is 6.42 Å². The molecule has 0 bridgehead atoms. The molecule has 1 aromatic heterocycles. The molecule has 0 aliphatic heterocycles. The summed E-state index contributed by atoms with van der Waals surface area (Å²) in [5, 5.41) is 8.37. The zero-order valence-electron chi connectivity index (χ0n) is 7.71. The fourth-order valence-electron chi connectivity index (χ4n) is 1.19. The van der Waals surface area contributed by atoms with Gasteiger partial charge >= 0.3 is 0 Å². The Hall–Kier alpha value is -1.49. The number of aryl methyl sites for hydroxylation is 1. The Balaban J connectivity index is 2.20. The molecule has 0 aromatic carbocycles. The van der Waals surface area contributed by atoms with Crippen molar-refractivity contribution in [2.45, 2.75) is 25.7 Å². The summed E-state index contributed by atoms with van der Waals surface area (Å²) in [7, 11) is 0. The molecule has 0 spiro atoms. The molecular formula is C11H14N2. The molecule has 0 fully saturated rings. The highest BCUT2D eigenvalue weighted by atomic mass is 14.7. The minimum absolute atomic E-state index is 0.587. The lowest BCUT2D eigenvalue weighted by molar-refractivity contribution is 0.843. The molecule has 0 saturated carbocycles. The lowest BCUT2D eigenvalue weighted by Gasteiger charge is -2.00. The number of H-pyrrole nitrogens is 1. The van der Waals surface area contributed by atoms with Crippen LogP contribution in [-0.4, -0.2) is 4.98 Å². The van der Waals surface area contributed by atoms with E-state index in [1.54, 1.807) is 0 Å². The number of nitriles is 1. The molecule has 0 amide bonds. The normalized spacial score (nSPS) is 9.46. The van der Waals surface area contributed by atoms with Gasteiger partial charge in [0.2, 0.25) is 0 Å². The summed E-state index contributed by atoms with van der Waals surface area (Å²) in [5.41, 5.74) is 2.40. The molecule has 0 saturated heterocycles. The van der Waals surface area contributed by atoms with Gasteiger partial charge in [-0.25, -0.2) is 0 Å². The third kappa shape index (κ3) is 3.62. The summed E-state index contributed by atoms with van der Waals surface area (Å²) in [4.78, 5) is 3.14. The van der Waals surface area contributed by atoms with E-state index in [1.807, 2.05) is 12.3 Å². The molecule has 13 heavy (non-hydrogen) atoms. The van der Waals surface area contributed by atoms with E-state index in [9.17, 15) is 0 Å². The Morgan fingerprint density at radius 1 is 1.54 bits per heavy atom. The number of rotatable bonds is 5. The maximum atomic E-state index is 8.37. The molecule has 0 radical (unpaired) electrons. The van der Waals surface area contributed by atoms with Gasteiger partial charge in [0, 0.05) is 18.3 Å². The van der Waals surface area contributed by atoms with Crippen molar-refractivity contribution in [3.8, 4) is 6.07 Å². The van der Waals surface area contributed by atoms with Crippen molar-refractivity contribution in [3.63, 3.8) is 0 Å². The number of hydrogen-bond acceptors (Lipinski definition) is 1. The first kappa shape index (κ1) is 9.60. The topological polar surface area (TPSA) is 39.6 Å². The van der Waals surface area contributed by atoms with Crippen molar-refractivity contribution in [2.75, 3.05) is 0 Å². The molecule has 2 nitrogen and oxygen atoms in total. The highest BCUT2D eigenvalue weighted by Crippen LogP contribution is 2.10. The first-order valence-electron chi connectivity index (χ1n) is 4.49. The van der Waals surface area contributed by atoms with Crippen LogP contribution in [0.4, 0.5) is 0 Å². The molecule has 0 aliphatic carbocycles. The van der Waals surface area contributed by atoms with E-state index >= 15 is 0 Å². The van der Waals surface area contributed by atoms with Gasteiger partial charge < -0.3 is 4.98 Å². The summed E-state index contributed by atoms with van der Waals surface area (Å²) in [6.07, 6.45) is 5.31. The highest BCUT2D eigenvalue weighted by Gasteiger charge is 1.96. The van der Waals surface area contributed by atoms with Gasteiger partial charge in [0.15, 0.2) is 0 Å². The maximum Gasteiger partial charge on any atom is 0.0625 e. The molecule has 68 valence electrons. The van der Waals surface area contributed by atoms with Crippen LogP contribution in [0.5, 0.6) is 0 Å². The van der Waals surface area contributed by atoms with Crippen LogP contribution in [0.2, 0.25) is 0 Å². The van der Waals surface area contributed by atoms with Crippen LogP contribution in [0.1, 0.15) is 25.0 Å². The highest BCUT2D eigenvalue weighted by molar-refractivity contribution is 5.07. The Bertz CT molecular complexity index is 290. The van der Waals surface area contributed by atoms with E-state index in [4.69, 9.17) is 5.26 Å². The lowest BCUT2D eigenvalue weighted by atomic mass is 10.1. The van der Waals surface area contributed by atoms with Crippen LogP contribution < -0.4 is 0 Å². The van der Waals surface area contributed by atoms with E-state index in [0.717, 1.165) is 24.8 Å². The summed E-state index contributed by atoms with van der Waals surface area (Å²) in [6.45, 7) is 3.93. The molecule has 0 aliphatic rings. The molecule has 0 atom stereocenters. The van der Waals surface area contributed by atoms with Gasteiger partial charge in [-0.3, -0.25) is 0 Å². The molecule has 0 unspecified atom stereocenters. The van der Waals surface area contributed by atoms with Gasteiger partial charge in [-0.2, -0.15) is 5.26 Å². The number of aromatic nitrogens is 1. The zero-order chi connectivity index (χ0) is 9.52. The largest absolute Gasteiger partial charge is 0.365 e. The second-order valence-electron chi connectivity index (χ2n) is 3.10. The lowest BCUT2D eigenvalue weighted by Crippen LogP contribution is -1.88. The van der Waals surface area contributed by atoms with Crippen molar-refractivity contribution in [2.24, 2.45) is 0 Å². The fourth-order valence-corrected chi connectivity index (χ4v) is 1.19. The number of nitrogens with zero attached hydrogens (tertiary/aromatic N) is 1. The quantitative estimate of drug-likeness (QED) is 0.685. The number of allylic oxidation sites excluding steroid dienone is 1. The van der Waals surface area contributed by atoms with Gasteiger partial charge in [0.05, 0.1) is 6.07 Å². The average Bonchev–Trinajstić information content (AvgIpc) is 2.64. The van der Waals surface area contributed by atoms with Crippen molar-refractivity contribution in [1.29, 1.82) is 5.26 Å². The van der Waals surface area contributed by atoms with E-state index in [1.165, 1.54) is 5.69 Å². The van der Waals surface area contributed by atoms with Crippen LogP contribution in [0, 0.1) is 11.3 Å². The standard InChI is InChI=1S/C11H14N2/c1-10(4-2-8-12)6-7-11-5-3-9-13-11/h3,5,9,13H,1-2,4,6-7H2. The minimum atomic E-state index is 0.587. The zero-order valence-corrected chi connectivity index (χ0v) is 7.71. The van der Waals surface area contributed by atoms with E-state index in [2.05, 4.69) is 23.7 Å². The maximum absolute atomic E-state index is 8.37. The molecule has 2 heteroatoms. The summed E-state index contributed by atoms with van der Waals surface area (Å²) < 4.78 is 0. The second-order valence-corrected chi connectivity index (χ2v) is 3.10. The number of hydrogen-bond donors (Lipinski definition) is 1. The molecule has 1 heterocycles. The smallest absolute Gasteiger partial charge is 0.0625 e. The third-order valence-electron chi connectivity index (χ3n) is 2.00. The molecule has 1 rings (SSSR count). The predicted octanol–water partition coefficient (Wildman–Crippen LogP) is 2.81. The minimum Gasteiger partial charge on any atom is -0.365 e. The summed E-state index contributed by atoms with van der Waals surface area (Å²) in [5.74, 6) is 0. The van der Waals surface area contributed by atoms with Crippen LogP contribution in [-0.2, 0) is 6.42 Å². The van der Waals surface area contributed by atoms with Crippen molar-refractivity contribution < 1.29 is 0 Å². The Labute approximate surface area is 78.9 Å². The van der Waals surface area contributed by atoms with Gasteiger partial charge in [0.1, 0.15) is 0 Å². The van der Waals surface area contributed by atoms with Crippen LogP contribution >= 0.6 is 0 Å². The Morgan fingerprint density at radius 3 is 3.00 bits per heavy atom. The Morgan fingerprint density at radius 2 is 2.38 bits per heavy atom. The van der Waals surface area contributed by atoms with Crippen molar-refractivity contribution in [1.82, 2.24) is 4.98 Å². The SMILES string of the molecule is C=C(CCC#N)CCc1ccc[nH]1. The van der Waals surface area contributed by atoms with Gasteiger partial charge in [-0.05, 0) is 31.4 Å². The van der Waals surface area contributed by atoms with Gasteiger partial charge in [0.25, 0.3) is 0 Å². The molecule has 1 aromatic rings. The monoisotopic (exact) mass is 174 g/mol. The summed E-state index contributed by atoms with van der Waals surface area (Å²) >= 11 is 0. The van der Waals surface area contributed by atoms with Gasteiger partial charge in [-0.15, -0.1) is 0 Å². The Kier molecular flexibility index (Phi) is 3.84. The average molecular weight is 174 g/mol. The van der Waals surface area contributed by atoms with Crippen molar-refractivity contribution in [3.05, 3.63) is 36.2 Å². The van der Waals surface area contributed by atoms with E-state index in [-0.39, 0.29) is 0 Å². The predicted molar refractivity (Wildman–Crippen MR) is 53.1 cm³/mol. The van der Waals surface area contributed by atoms with Gasteiger partial charge in [-0.1, -0.05) is 12.2 Å². The van der Waals surface area contributed by atoms with Crippen molar-refractivity contribution >= 4 is 0 Å². The van der Waals surface area contributed by atoms with E-state index < -0.39 is 0 Å². The van der Waals surface area contributed by atoms with Crippen LogP contribution in [0.3, 0.4) is 0 Å². The second kappa shape index (κ2) is 5.21. The van der Waals surface area contributed by atoms with Crippen LogP contribution in [0.25, 0.3) is 0 Å². The molecular weight excluding hydrogens is 160 g/mol. The molecule has 1 N–H and O–H groups in total.